The van der Waals surface area contributed by atoms with E-state index in [1.807, 2.05) is 0 Å². The molecule has 5 unspecified atom stereocenters. The van der Waals surface area contributed by atoms with Crippen LogP contribution >= 0.6 is 0 Å². The summed E-state index contributed by atoms with van der Waals surface area (Å²) >= 11 is 0. The zero-order chi connectivity index (χ0) is 25.8. The van der Waals surface area contributed by atoms with Crippen LogP contribution in [0.25, 0.3) is 0 Å². The number of carbonyl (C=O) groups is 2. The van der Waals surface area contributed by atoms with Crippen LogP contribution in [0.15, 0.2) is 12.1 Å². The maximum Gasteiger partial charge on any atom is 0.407 e. The van der Waals surface area contributed by atoms with E-state index in [-0.39, 0.29) is 18.0 Å². The third-order valence-electron chi connectivity index (χ3n) is 8.36. The number of ether oxygens (including phenoxy) is 3. The largest absolute Gasteiger partial charge is 0.493 e. The fraction of sp³-hybridized carbons (Fsp3) is 0.714. The van der Waals surface area contributed by atoms with Gasteiger partial charge in [-0.2, -0.15) is 0 Å². The number of hydrogen-bond acceptors (Lipinski definition) is 6. The van der Waals surface area contributed by atoms with Gasteiger partial charge in [-0.25, -0.2) is 4.79 Å². The minimum atomic E-state index is -0.840. The maximum atomic E-state index is 12.7. The van der Waals surface area contributed by atoms with Crippen LogP contribution in [-0.4, -0.2) is 62.0 Å². The highest BCUT2D eigenvalue weighted by atomic mass is 16.5. The van der Waals surface area contributed by atoms with E-state index in [0.717, 1.165) is 56.7 Å². The number of alkyl carbamates (subject to hydrolysis) is 1. The standard InChI is InChI=1S/C28H42N2O6/c1-17(2)11-19-15-30-10-9-18-13-25(34-3)26(35-4)14-22(18)24(30)12-20(19)16-36-28(33)29-23-8-6-5-7-21(23)27(31)32/h13-14,17,19-21,23-24H,5-12,15-16H2,1-4H3,(H,29,33)(H,31,32). The van der Waals surface area contributed by atoms with Gasteiger partial charge in [0.25, 0.3) is 0 Å². The normalized spacial score (nSPS) is 28.1. The molecule has 5 atom stereocenters. The molecule has 1 saturated heterocycles. The van der Waals surface area contributed by atoms with Crippen molar-refractivity contribution in [3.05, 3.63) is 23.3 Å². The first-order valence-corrected chi connectivity index (χ1v) is 13.5. The predicted octanol–water partition coefficient (Wildman–Crippen LogP) is 4.65. The monoisotopic (exact) mass is 502 g/mol. The highest BCUT2D eigenvalue weighted by molar-refractivity contribution is 5.73. The summed E-state index contributed by atoms with van der Waals surface area (Å²) in [6.45, 7) is 6.83. The van der Waals surface area contributed by atoms with Gasteiger partial charge in [0.1, 0.15) is 0 Å². The van der Waals surface area contributed by atoms with E-state index in [0.29, 0.717) is 31.3 Å². The molecular formula is C28H42N2O6. The van der Waals surface area contributed by atoms with Gasteiger partial charge < -0.3 is 24.6 Å². The number of benzene rings is 1. The lowest BCUT2D eigenvalue weighted by Gasteiger charge is -2.47. The first kappa shape index (κ1) is 26.6. The fourth-order valence-corrected chi connectivity index (χ4v) is 6.56. The van der Waals surface area contributed by atoms with Crippen molar-refractivity contribution in [3.63, 3.8) is 0 Å². The topological polar surface area (TPSA) is 97.3 Å². The van der Waals surface area contributed by atoms with Gasteiger partial charge >= 0.3 is 12.1 Å². The van der Waals surface area contributed by atoms with Crippen LogP contribution in [0, 0.1) is 23.7 Å². The molecule has 3 aliphatic rings. The Hall–Kier alpha value is -2.48. The maximum absolute atomic E-state index is 12.7. The Labute approximate surface area is 214 Å². The Morgan fingerprint density at radius 1 is 1.11 bits per heavy atom. The minimum absolute atomic E-state index is 0.236. The van der Waals surface area contributed by atoms with E-state index in [1.54, 1.807) is 14.2 Å². The molecule has 8 nitrogen and oxygen atoms in total. The molecule has 4 rings (SSSR count). The van der Waals surface area contributed by atoms with E-state index < -0.39 is 18.0 Å². The second kappa shape index (κ2) is 11.7. The lowest BCUT2D eigenvalue weighted by atomic mass is 9.74. The smallest absolute Gasteiger partial charge is 0.407 e. The summed E-state index contributed by atoms with van der Waals surface area (Å²) < 4.78 is 16.9. The summed E-state index contributed by atoms with van der Waals surface area (Å²) in [5.74, 6) is 1.37. The zero-order valence-corrected chi connectivity index (χ0v) is 22.1. The molecule has 8 heteroatoms. The van der Waals surface area contributed by atoms with Gasteiger partial charge in [0.05, 0.1) is 26.7 Å². The molecule has 2 fully saturated rings. The van der Waals surface area contributed by atoms with Gasteiger partial charge in [-0.15, -0.1) is 0 Å². The number of nitrogens with zero attached hydrogens (tertiary/aromatic N) is 1. The Kier molecular flexibility index (Phi) is 8.65. The summed E-state index contributed by atoms with van der Waals surface area (Å²) in [6.07, 6.45) is 5.59. The number of rotatable bonds is 8. The average Bonchev–Trinajstić information content (AvgIpc) is 2.86. The molecule has 36 heavy (non-hydrogen) atoms. The molecule has 2 aliphatic heterocycles. The molecule has 1 aromatic carbocycles. The lowest BCUT2D eigenvalue weighted by Crippen LogP contribution is -2.48. The number of carbonyl (C=O) groups excluding carboxylic acids is 1. The van der Waals surface area contributed by atoms with Crippen molar-refractivity contribution in [2.75, 3.05) is 33.9 Å². The fourth-order valence-electron chi connectivity index (χ4n) is 6.56. The minimum Gasteiger partial charge on any atom is -0.493 e. The number of amides is 1. The van der Waals surface area contributed by atoms with Gasteiger partial charge in [-0.1, -0.05) is 26.7 Å². The summed E-state index contributed by atoms with van der Waals surface area (Å²) in [6, 6.07) is 4.12. The number of hydrogen-bond donors (Lipinski definition) is 2. The molecule has 1 aliphatic carbocycles. The van der Waals surface area contributed by atoms with E-state index in [2.05, 4.69) is 36.2 Å². The molecule has 1 aromatic rings. The SMILES string of the molecule is COc1cc2c(cc1OC)C1CC(COC(=O)NC3CCCCC3C(=O)O)C(CC(C)C)CN1CC2. The van der Waals surface area contributed by atoms with Crippen molar-refractivity contribution in [1.29, 1.82) is 0 Å². The van der Waals surface area contributed by atoms with Crippen molar-refractivity contribution in [2.45, 2.75) is 70.9 Å². The molecular weight excluding hydrogens is 460 g/mol. The summed E-state index contributed by atoms with van der Waals surface area (Å²) in [5, 5.41) is 12.4. The molecule has 2 heterocycles. The zero-order valence-electron chi connectivity index (χ0n) is 22.1. The van der Waals surface area contributed by atoms with Crippen LogP contribution in [0.2, 0.25) is 0 Å². The molecule has 1 amide bonds. The first-order valence-electron chi connectivity index (χ1n) is 13.5. The molecule has 0 spiro atoms. The van der Waals surface area contributed by atoms with E-state index in [9.17, 15) is 14.7 Å². The van der Waals surface area contributed by atoms with E-state index in [4.69, 9.17) is 14.2 Å². The van der Waals surface area contributed by atoms with Crippen LogP contribution in [-0.2, 0) is 16.0 Å². The van der Waals surface area contributed by atoms with Crippen LogP contribution in [0.3, 0.4) is 0 Å². The quantitative estimate of drug-likeness (QED) is 0.534. The molecule has 200 valence electrons. The molecule has 0 aromatic heterocycles. The molecule has 2 N–H and O–H groups in total. The molecule has 1 saturated carbocycles. The highest BCUT2D eigenvalue weighted by Crippen LogP contribution is 2.45. The second-order valence-electron chi connectivity index (χ2n) is 11.1. The van der Waals surface area contributed by atoms with Gasteiger partial charge in [0, 0.05) is 25.2 Å². The van der Waals surface area contributed by atoms with Gasteiger partial charge in [-0.3, -0.25) is 9.69 Å². The molecule has 0 bridgehead atoms. The van der Waals surface area contributed by atoms with Gasteiger partial charge in [0.15, 0.2) is 11.5 Å². The second-order valence-corrected chi connectivity index (χ2v) is 11.1. The lowest BCUT2D eigenvalue weighted by molar-refractivity contribution is -0.143. The van der Waals surface area contributed by atoms with Crippen LogP contribution in [0.1, 0.15) is 69.5 Å². The number of methoxy groups -OCH3 is 2. The van der Waals surface area contributed by atoms with Crippen LogP contribution in [0.4, 0.5) is 4.79 Å². The van der Waals surface area contributed by atoms with E-state index >= 15 is 0 Å². The molecule has 0 radical (unpaired) electrons. The van der Waals surface area contributed by atoms with Gasteiger partial charge in [-0.05, 0) is 73.1 Å². The predicted molar refractivity (Wildman–Crippen MR) is 136 cm³/mol. The number of fused-ring (bicyclic) bond motifs is 3. The highest BCUT2D eigenvalue weighted by Gasteiger charge is 2.40. The van der Waals surface area contributed by atoms with Crippen LogP contribution in [0.5, 0.6) is 11.5 Å². The van der Waals surface area contributed by atoms with Crippen molar-refractivity contribution < 1.29 is 28.9 Å². The van der Waals surface area contributed by atoms with Crippen molar-refractivity contribution >= 4 is 12.1 Å². The summed E-state index contributed by atoms with van der Waals surface area (Å²) in [7, 11) is 3.34. The number of piperidine rings is 1. The average molecular weight is 503 g/mol. The Bertz CT molecular complexity index is 935. The first-order chi connectivity index (χ1) is 17.3. The number of nitrogens with one attached hydrogen (secondary N) is 1. The van der Waals surface area contributed by atoms with Gasteiger partial charge in [0.2, 0.25) is 0 Å². The van der Waals surface area contributed by atoms with Crippen LogP contribution < -0.4 is 14.8 Å². The third-order valence-corrected chi connectivity index (χ3v) is 8.36. The van der Waals surface area contributed by atoms with Crippen molar-refractivity contribution in [1.82, 2.24) is 10.2 Å². The van der Waals surface area contributed by atoms with E-state index in [1.165, 1.54) is 11.1 Å². The number of aliphatic carboxylic acids is 1. The van der Waals surface area contributed by atoms with Crippen molar-refractivity contribution in [3.8, 4) is 11.5 Å². The number of carboxylic acid groups (broad SMARTS) is 1. The summed E-state index contributed by atoms with van der Waals surface area (Å²) in [5.41, 5.74) is 2.58. The Balaban J connectivity index is 1.46. The Morgan fingerprint density at radius 2 is 1.83 bits per heavy atom. The van der Waals surface area contributed by atoms with Crippen molar-refractivity contribution in [2.24, 2.45) is 23.7 Å². The summed E-state index contributed by atoms with van der Waals surface area (Å²) in [4.78, 5) is 26.9. The Morgan fingerprint density at radius 3 is 2.53 bits per heavy atom. The number of carboxylic acids is 1. The third kappa shape index (κ3) is 5.90.